The number of likely N-dealkylation sites (tertiary alicyclic amines) is 1. The summed E-state index contributed by atoms with van der Waals surface area (Å²) < 4.78 is 53.8. The van der Waals surface area contributed by atoms with Gasteiger partial charge in [0.1, 0.15) is 6.17 Å². The highest BCUT2D eigenvalue weighted by Gasteiger charge is 2.48. The van der Waals surface area contributed by atoms with E-state index in [-0.39, 0.29) is 18.0 Å². The van der Waals surface area contributed by atoms with Crippen molar-refractivity contribution in [3.8, 4) is 0 Å². The van der Waals surface area contributed by atoms with Crippen LogP contribution in [0.5, 0.6) is 0 Å². The maximum atomic E-state index is 13.6. The van der Waals surface area contributed by atoms with Crippen LogP contribution in [0.3, 0.4) is 0 Å². The molecule has 0 bridgehead atoms. The second-order valence-electron chi connectivity index (χ2n) is 10.1. The molecule has 0 spiro atoms. The number of alkyl halides is 4. The first-order valence-corrected chi connectivity index (χ1v) is 12.1. The van der Waals surface area contributed by atoms with Gasteiger partial charge in [0.2, 0.25) is 5.91 Å². The van der Waals surface area contributed by atoms with Crippen molar-refractivity contribution in [3.05, 3.63) is 53.5 Å². The van der Waals surface area contributed by atoms with E-state index in [0.717, 1.165) is 27.7 Å². The van der Waals surface area contributed by atoms with Crippen molar-refractivity contribution in [2.45, 2.75) is 50.2 Å². The summed E-state index contributed by atoms with van der Waals surface area (Å²) in [5.74, 6) is -0.605. The van der Waals surface area contributed by atoms with E-state index in [4.69, 9.17) is 0 Å². The highest BCUT2D eigenvalue weighted by atomic mass is 19.4. The summed E-state index contributed by atoms with van der Waals surface area (Å²) in [6, 6.07) is 6.32. The van der Waals surface area contributed by atoms with Gasteiger partial charge >= 0.3 is 6.18 Å². The number of nitrogens with zero attached hydrogens (tertiary/aromatic N) is 4. The van der Waals surface area contributed by atoms with Gasteiger partial charge in [-0.1, -0.05) is 6.07 Å². The van der Waals surface area contributed by atoms with E-state index in [1.807, 2.05) is 25.1 Å². The molecule has 11 heteroatoms. The van der Waals surface area contributed by atoms with Crippen molar-refractivity contribution in [1.82, 2.24) is 25.0 Å². The Balaban J connectivity index is 1.23. The number of aromatic nitrogens is 3. The fraction of sp³-hybridized carbons (Fsp3) is 0.480. The molecule has 0 radical (unpaired) electrons. The minimum atomic E-state index is -4.35. The van der Waals surface area contributed by atoms with Crippen molar-refractivity contribution < 1.29 is 22.4 Å². The smallest absolute Gasteiger partial charge is 0.377 e. The molecule has 1 saturated carbocycles. The van der Waals surface area contributed by atoms with Gasteiger partial charge in [-0.3, -0.25) is 19.8 Å². The van der Waals surface area contributed by atoms with Crippen LogP contribution in [0.2, 0.25) is 0 Å². The topological polar surface area (TPSA) is 77.1 Å². The fourth-order valence-electron chi connectivity index (χ4n) is 5.50. The van der Waals surface area contributed by atoms with Gasteiger partial charge in [-0.15, -0.1) is 0 Å². The Hall–Kier alpha value is -3.21. The number of anilines is 1. The van der Waals surface area contributed by atoms with Gasteiger partial charge in [0.25, 0.3) is 0 Å². The van der Waals surface area contributed by atoms with Gasteiger partial charge in [-0.05, 0) is 49.1 Å². The van der Waals surface area contributed by atoms with Crippen LogP contribution >= 0.6 is 0 Å². The molecule has 6 rings (SSSR count). The summed E-state index contributed by atoms with van der Waals surface area (Å²) in [6.07, 6.45) is -1.20. The zero-order valence-corrected chi connectivity index (χ0v) is 19.6. The number of benzene rings is 1. The minimum Gasteiger partial charge on any atom is -0.377 e. The van der Waals surface area contributed by atoms with Crippen molar-refractivity contribution in [2.24, 2.45) is 5.92 Å². The molecule has 2 aliphatic heterocycles. The highest BCUT2D eigenvalue weighted by Crippen LogP contribution is 2.41. The normalized spacial score (nSPS) is 26.5. The van der Waals surface area contributed by atoms with Crippen LogP contribution in [0.1, 0.15) is 36.2 Å². The predicted octanol–water partition coefficient (Wildman–Crippen LogP) is 3.84. The molecular weight excluding hydrogens is 476 g/mol. The Morgan fingerprint density at radius 2 is 1.97 bits per heavy atom. The highest BCUT2D eigenvalue weighted by molar-refractivity contribution is 5.84. The predicted molar refractivity (Wildman–Crippen MR) is 125 cm³/mol. The molecule has 3 aromatic rings. The van der Waals surface area contributed by atoms with E-state index in [1.54, 1.807) is 23.4 Å². The second kappa shape index (κ2) is 8.43. The lowest BCUT2D eigenvalue weighted by Gasteiger charge is -2.42. The molecule has 3 aliphatic rings. The van der Waals surface area contributed by atoms with Crippen molar-refractivity contribution >= 4 is 22.5 Å². The lowest BCUT2D eigenvalue weighted by molar-refractivity contribution is -0.155. The van der Waals surface area contributed by atoms with Gasteiger partial charge in [-0.2, -0.15) is 18.3 Å². The molecule has 7 nitrogen and oxygen atoms in total. The molecule has 2 fully saturated rings. The summed E-state index contributed by atoms with van der Waals surface area (Å²) in [7, 11) is 0. The lowest BCUT2D eigenvalue weighted by Crippen LogP contribution is -2.57. The summed E-state index contributed by atoms with van der Waals surface area (Å²) in [4.78, 5) is 19.8. The van der Waals surface area contributed by atoms with Crippen LogP contribution in [-0.2, 0) is 11.2 Å². The van der Waals surface area contributed by atoms with Crippen LogP contribution in [0, 0.1) is 5.92 Å². The Morgan fingerprint density at radius 1 is 1.19 bits per heavy atom. The Bertz CT molecular complexity index is 1290. The van der Waals surface area contributed by atoms with E-state index in [1.165, 1.54) is 4.90 Å². The van der Waals surface area contributed by atoms with Crippen molar-refractivity contribution in [1.29, 1.82) is 0 Å². The standard InChI is InChI=1S/C25H26F4N6O/c1-13-6-17-16(3-5-21-19(17)9-31-33-21)23(35(13)12-25(27,28)29)22-4-2-14(8-30-22)32-15-10-34(11-15)24(36)18-7-20(18)26/h2-5,8-9,13,15,18,20,23,32H,6-7,10-12H2,1H3,(H,31,33)/t13-,18+,20-,23+/m1/s1. The number of carbonyl (C=O) groups is 1. The van der Waals surface area contributed by atoms with Crippen LogP contribution < -0.4 is 5.32 Å². The maximum absolute atomic E-state index is 13.6. The summed E-state index contributed by atoms with van der Waals surface area (Å²) in [6.45, 7) is 1.78. The van der Waals surface area contributed by atoms with E-state index >= 15 is 0 Å². The van der Waals surface area contributed by atoms with E-state index < -0.39 is 30.9 Å². The number of aromatic amines is 1. The number of pyridine rings is 1. The molecule has 4 atom stereocenters. The average molecular weight is 503 g/mol. The first-order valence-electron chi connectivity index (χ1n) is 12.1. The van der Waals surface area contributed by atoms with Gasteiger partial charge in [0, 0.05) is 24.5 Å². The van der Waals surface area contributed by atoms with Gasteiger partial charge < -0.3 is 10.2 Å². The molecule has 1 aliphatic carbocycles. The first kappa shape index (κ1) is 23.2. The number of amides is 1. The van der Waals surface area contributed by atoms with Crippen LogP contribution in [0.15, 0.2) is 36.7 Å². The molecule has 4 heterocycles. The molecule has 1 aromatic carbocycles. The lowest BCUT2D eigenvalue weighted by atomic mass is 9.85. The number of fused-ring (bicyclic) bond motifs is 3. The zero-order chi connectivity index (χ0) is 25.2. The van der Waals surface area contributed by atoms with Gasteiger partial charge in [0.05, 0.1) is 53.8 Å². The number of hydrogen-bond acceptors (Lipinski definition) is 5. The van der Waals surface area contributed by atoms with Gasteiger partial charge in [0.15, 0.2) is 0 Å². The maximum Gasteiger partial charge on any atom is 0.401 e. The average Bonchev–Trinajstić information content (AvgIpc) is 3.33. The third-order valence-electron chi connectivity index (χ3n) is 7.49. The SMILES string of the molecule is C[C@@H]1Cc2c(ccc3[nH]ncc23)[C@@H](c2ccc(NC3CN(C(=O)[C@H]4C[C@H]4F)C3)cn2)N1CC(F)(F)F. The van der Waals surface area contributed by atoms with E-state index in [0.29, 0.717) is 31.6 Å². The Labute approximate surface area is 204 Å². The molecule has 190 valence electrons. The van der Waals surface area contributed by atoms with Crippen LogP contribution in [-0.4, -0.2) is 75.0 Å². The minimum absolute atomic E-state index is 0.0324. The number of carbonyl (C=O) groups excluding carboxylic acids is 1. The first-order chi connectivity index (χ1) is 17.2. The summed E-state index contributed by atoms with van der Waals surface area (Å²) in [5.41, 5.74) is 3.91. The second-order valence-corrected chi connectivity index (χ2v) is 10.1. The Kier molecular flexibility index (Phi) is 5.43. The molecule has 1 saturated heterocycles. The summed E-state index contributed by atoms with van der Waals surface area (Å²) in [5, 5.41) is 11.3. The van der Waals surface area contributed by atoms with Crippen LogP contribution in [0.4, 0.5) is 23.2 Å². The van der Waals surface area contributed by atoms with E-state index in [2.05, 4.69) is 20.5 Å². The molecule has 2 aromatic heterocycles. The number of rotatable bonds is 5. The third-order valence-corrected chi connectivity index (χ3v) is 7.49. The number of hydrogen-bond donors (Lipinski definition) is 2. The monoisotopic (exact) mass is 502 g/mol. The van der Waals surface area contributed by atoms with Crippen molar-refractivity contribution in [2.75, 3.05) is 25.0 Å². The number of H-pyrrole nitrogens is 1. The van der Waals surface area contributed by atoms with Gasteiger partial charge in [-0.25, -0.2) is 4.39 Å². The van der Waals surface area contributed by atoms with Crippen molar-refractivity contribution in [3.63, 3.8) is 0 Å². The third kappa shape index (κ3) is 4.19. The summed E-state index contributed by atoms with van der Waals surface area (Å²) >= 11 is 0. The molecule has 36 heavy (non-hydrogen) atoms. The molecule has 2 N–H and O–H groups in total. The molecule has 0 unspecified atom stereocenters. The largest absolute Gasteiger partial charge is 0.401 e. The molecular formula is C25H26F4N6O. The fourth-order valence-corrected chi connectivity index (χ4v) is 5.50. The zero-order valence-electron chi connectivity index (χ0n) is 19.6. The van der Waals surface area contributed by atoms with E-state index in [9.17, 15) is 22.4 Å². The van der Waals surface area contributed by atoms with Crippen LogP contribution in [0.25, 0.3) is 10.9 Å². The number of halogens is 4. The number of nitrogens with one attached hydrogen (secondary N) is 2. The molecule has 1 amide bonds. The Morgan fingerprint density at radius 3 is 2.64 bits per heavy atom. The quantitative estimate of drug-likeness (QED) is 0.519.